The van der Waals surface area contributed by atoms with E-state index in [2.05, 4.69) is 4.98 Å². The van der Waals surface area contributed by atoms with Crippen LogP contribution in [0.4, 0.5) is 0 Å². The van der Waals surface area contributed by atoms with E-state index >= 15 is 0 Å². The van der Waals surface area contributed by atoms with Crippen molar-refractivity contribution in [3.8, 4) is 0 Å². The van der Waals surface area contributed by atoms with Crippen LogP contribution in [0, 0.1) is 0 Å². The van der Waals surface area contributed by atoms with Gasteiger partial charge in [-0.2, -0.15) is 0 Å². The molecule has 1 saturated heterocycles. The molecular formula is C10H16N2O2. The second kappa shape index (κ2) is 4.57. The third kappa shape index (κ3) is 2.13. The van der Waals surface area contributed by atoms with Crippen LogP contribution in [0.5, 0.6) is 0 Å². The van der Waals surface area contributed by atoms with E-state index in [4.69, 9.17) is 14.9 Å². The summed E-state index contributed by atoms with van der Waals surface area (Å²) in [6.07, 6.45) is 5.92. The summed E-state index contributed by atoms with van der Waals surface area (Å²) in [5, 5.41) is 0. The normalized spacial score (nSPS) is 22.5. The molecule has 0 saturated carbocycles. The van der Waals surface area contributed by atoms with Crippen molar-refractivity contribution < 1.29 is 9.15 Å². The molecule has 0 spiro atoms. The Hall–Kier alpha value is -0.870. The molecule has 4 nitrogen and oxygen atoms in total. The maximum Gasteiger partial charge on any atom is 0.223 e. The third-order valence-corrected chi connectivity index (χ3v) is 2.42. The van der Waals surface area contributed by atoms with E-state index in [0.29, 0.717) is 12.4 Å². The fourth-order valence-corrected chi connectivity index (χ4v) is 1.66. The van der Waals surface area contributed by atoms with Crippen LogP contribution in [0.1, 0.15) is 37.0 Å². The molecule has 2 N–H and O–H groups in total. The summed E-state index contributed by atoms with van der Waals surface area (Å²) >= 11 is 0. The van der Waals surface area contributed by atoms with Gasteiger partial charge in [-0.3, -0.25) is 0 Å². The van der Waals surface area contributed by atoms with Gasteiger partial charge in [0.15, 0.2) is 0 Å². The Morgan fingerprint density at radius 1 is 1.50 bits per heavy atom. The maximum atomic E-state index is 5.57. The van der Waals surface area contributed by atoms with E-state index in [1.807, 2.05) is 0 Å². The predicted octanol–water partition coefficient (Wildman–Crippen LogP) is 1.42. The van der Waals surface area contributed by atoms with Gasteiger partial charge in [0.1, 0.15) is 11.9 Å². The summed E-state index contributed by atoms with van der Waals surface area (Å²) in [5.41, 5.74) is 5.43. The molecule has 1 atom stereocenters. The highest BCUT2D eigenvalue weighted by Crippen LogP contribution is 2.27. The van der Waals surface area contributed by atoms with Gasteiger partial charge in [-0.1, -0.05) is 0 Å². The van der Waals surface area contributed by atoms with Gasteiger partial charge in [0.25, 0.3) is 0 Å². The molecule has 2 heterocycles. The standard InChI is InChI=1S/C10H16N2O2/c11-5-4-8-7-12-10(14-8)9-3-1-2-6-13-9/h7,9H,1-6,11H2. The minimum Gasteiger partial charge on any atom is -0.443 e. The van der Waals surface area contributed by atoms with Crippen molar-refractivity contribution in [2.24, 2.45) is 5.73 Å². The Morgan fingerprint density at radius 3 is 3.14 bits per heavy atom. The number of nitrogens with two attached hydrogens (primary N) is 1. The molecule has 1 aromatic rings. The monoisotopic (exact) mass is 196 g/mol. The molecule has 4 heteroatoms. The Morgan fingerprint density at radius 2 is 2.43 bits per heavy atom. The second-order valence-electron chi connectivity index (χ2n) is 3.56. The van der Waals surface area contributed by atoms with Crippen molar-refractivity contribution in [2.75, 3.05) is 13.2 Å². The summed E-state index contributed by atoms with van der Waals surface area (Å²) in [7, 11) is 0. The third-order valence-electron chi connectivity index (χ3n) is 2.42. The topological polar surface area (TPSA) is 61.3 Å². The molecule has 0 bridgehead atoms. The summed E-state index contributed by atoms with van der Waals surface area (Å²) in [6, 6.07) is 0. The fourth-order valence-electron chi connectivity index (χ4n) is 1.66. The highest BCUT2D eigenvalue weighted by Gasteiger charge is 2.20. The number of aromatic nitrogens is 1. The number of nitrogens with zero attached hydrogens (tertiary/aromatic N) is 1. The molecular weight excluding hydrogens is 180 g/mol. The Labute approximate surface area is 83.4 Å². The van der Waals surface area contributed by atoms with Crippen molar-refractivity contribution in [3.05, 3.63) is 17.8 Å². The van der Waals surface area contributed by atoms with Crippen molar-refractivity contribution in [2.45, 2.75) is 31.8 Å². The SMILES string of the molecule is NCCc1cnc(C2CCCCO2)o1. The smallest absolute Gasteiger partial charge is 0.223 e. The van der Waals surface area contributed by atoms with Crippen LogP contribution in [-0.2, 0) is 11.2 Å². The van der Waals surface area contributed by atoms with E-state index in [1.165, 1.54) is 6.42 Å². The first-order valence-electron chi connectivity index (χ1n) is 5.16. The number of hydrogen-bond acceptors (Lipinski definition) is 4. The van der Waals surface area contributed by atoms with Crippen molar-refractivity contribution in [1.82, 2.24) is 4.98 Å². The number of rotatable bonds is 3. The summed E-state index contributed by atoms with van der Waals surface area (Å²) in [4.78, 5) is 4.21. The van der Waals surface area contributed by atoms with E-state index in [1.54, 1.807) is 6.20 Å². The van der Waals surface area contributed by atoms with Gasteiger partial charge in [0, 0.05) is 13.0 Å². The van der Waals surface area contributed by atoms with Gasteiger partial charge in [-0.15, -0.1) is 0 Å². The molecule has 1 aromatic heterocycles. The first-order valence-corrected chi connectivity index (χ1v) is 5.16. The summed E-state index contributed by atoms with van der Waals surface area (Å²) in [6.45, 7) is 1.42. The van der Waals surface area contributed by atoms with Crippen LogP contribution in [0.15, 0.2) is 10.6 Å². The quantitative estimate of drug-likeness (QED) is 0.794. The Bertz CT molecular complexity index is 279. The van der Waals surface area contributed by atoms with Gasteiger partial charge < -0.3 is 14.9 Å². The van der Waals surface area contributed by atoms with Gasteiger partial charge >= 0.3 is 0 Å². The zero-order valence-electron chi connectivity index (χ0n) is 8.24. The lowest BCUT2D eigenvalue weighted by atomic mass is 10.1. The average Bonchev–Trinajstić information content (AvgIpc) is 2.68. The molecule has 0 aromatic carbocycles. The van der Waals surface area contributed by atoms with Crippen molar-refractivity contribution >= 4 is 0 Å². The van der Waals surface area contributed by atoms with Crippen molar-refractivity contribution in [1.29, 1.82) is 0 Å². The number of oxazole rings is 1. The zero-order chi connectivity index (χ0) is 9.80. The average molecular weight is 196 g/mol. The molecule has 78 valence electrons. The summed E-state index contributed by atoms with van der Waals surface area (Å²) < 4.78 is 11.1. The largest absolute Gasteiger partial charge is 0.443 e. The van der Waals surface area contributed by atoms with Crippen molar-refractivity contribution in [3.63, 3.8) is 0 Å². The molecule has 0 amide bonds. The van der Waals surface area contributed by atoms with E-state index in [0.717, 1.165) is 31.6 Å². The molecule has 14 heavy (non-hydrogen) atoms. The molecule has 1 fully saturated rings. The van der Waals surface area contributed by atoms with Crippen LogP contribution in [0.3, 0.4) is 0 Å². The van der Waals surface area contributed by atoms with Crippen LogP contribution in [0.25, 0.3) is 0 Å². The molecule has 0 aliphatic carbocycles. The van der Waals surface area contributed by atoms with E-state index < -0.39 is 0 Å². The lowest BCUT2D eigenvalue weighted by Crippen LogP contribution is -2.11. The maximum absolute atomic E-state index is 5.57. The van der Waals surface area contributed by atoms with E-state index in [-0.39, 0.29) is 6.10 Å². The molecule has 1 unspecified atom stereocenters. The Kier molecular flexibility index (Phi) is 3.16. The van der Waals surface area contributed by atoms with Crippen LogP contribution in [0.2, 0.25) is 0 Å². The molecule has 0 radical (unpaired) electrons. The van der Waals surface area contributed by atoms with Gasteiger partial charge in [0.05, 0.1) is 6.20 Å². The first-order chi connectivity index (χ1) is 6.90. The van der Waals surface area contributed by atoms with Crippen LogP contribution in [-0.4, -0.2) is 18.1 Å². The van der Waals surface area contributed by atoms with Gasteiger partial charge in [-0.25, -0.2) is 4.98 Å². The molecule has 1 aliphatic rings. The minimum absolute atomic E-state index is 0.0651. The minimum atomic E-state index is 0.0651. The van der Waals surface area contributed by atoms with Gasteiger partial charge in [0.2, 0.25) is 5.89 Å². The van der Waals surface area contributed by atoms with Crippen LogP contribution < -0.4 is 5.73 Å². The number of hydrogen-bond donors (Lipinski definition) is 1. The lowest BCUT2D eigenvalue weighted by molar-refractivity contribution is -0.00201. The highest BCUT2D eigenvalue weighted by atomic mass is 16.5. The Balaban J connectivity index is 2.00. The van der Waals surface area contributed by atoms with E-state index in [9.17, 15) is 0 Å². The second-order valence-corrected chi connectivity index (χ2v) is 3.56. The summed E-state index contributed by atoms with van der Waals surface area (Å²) in [5.74, 6) is 1.57. The molecule has 2 rings (SSSR count). The highest BCUT2D eigenvalue weighted by molar-refractivity contribution is 4.97. The zero-order valence-corrected chi connectivity index (χ0v) is 8.24. The lowest BCUT2D eigenvalue weighted by Gasteiger charge is -2.19. The first kappa shape index (κ1) is 9.68. The predicted molar refractivity (Wildman–Crippen MR) is 51.8 cm³/mol. The van der Waals surface area contributed by atoms with Gasteiger partial charge in [-0.05, 0) is 25.8 Å². The van der Waals surface area contributed by atoms with Crippen LogP contribution >= 0.6 is 0 Å². The fraction of sp³-hybridized carbons (Fsp3) is 0.700. The molecule has 1 aliphatic heterocycles. The number of ether oxygens (including phenoxy) is 1.